The fraction of sp³-hybridized carbons (Fsp3) is 0.923. The number of nitrogens with zero attached hydrogens (tertiary/aromatic N) is 1. The first kappa shape index (κ1) is 15.4. The molecule has 5 nitrogen and oxygen atoms in total. The van der Waals surface area contributed by atoms with Crippen molar-refractivity contribution in [2.24, 2.45) is 0 Å². The molecule has 0 aromatic rings. The minimum Gasteiger partial charge on any atom is -0.375 e. The van der Waals surface area contributed by atoms with Crippen LogP contribution in [-0.2, 0) is 9.53 Å². The topological polar surface area (TPSA) is 53.6 Å². The highest BCUT2D eigenvalue weighted by Gasteiger charge is 2.17. The molecule has 2 atom stereocenters. The summed E-state index contributed by atoms with van der Waals surface area (Å²) in [6, 6.07) is 0.563. The number of carbonyl (C=O) groups is 1. The van der Waals surface area contributed by atoms with Crippen LogP contribution in [0.3, 0.4) is 0 Å². The predicted octanol–water partition coefficient (Wildman–Crippen LogP) is 0.211. The van der Waals surface area contributed by atoms with E-state index in [4.69, 9.17) is 4.74 Å². The summed E-state index contributed by atoms with van der Waals surface area (Å²) < 4.78 is 5.50. The average molecular weight is 257 g/mol. The van der Waals surface area contributed by atoms with Crippen molar-refractivity contribution in [2.45, 2.75) is 38.8 Å². The van der Waals surface area contributed by atoms with Gasteiger partial charge in [-0.3, -0.25) is 4.79 Å². The van der Waals surface area contributed by atoms with Crippen molar-refractivity contribution >= 4 is 5.91 Å². The third-order valence-corrected chi connectivity index (χ3v) is 3.55. The minimum atomic E-state index is 0.0334. The van der Waals surface area contributed by atoms with E-state index in [2.05, 4.69) is 36.4 Å². The van der Waals surface area contributed by atoms with E-state index < -0.39 is 0 Å². The van der Waals surface area contributed by atoms with Crippen LogP contribution in [0.2, 0.25) is 0 Å². The Kier molecular flexibility index (Phi) is 7.23. The molecular weight excluding hydrogens is 230 g/mol. The Morgan fingerprint density at radius 2 is 2.39 bits per heavy atom. The Hall–Kier alpha value is -0.650. The van der Waals surface area contributed by atoms with Gasteiger partial charge in [-0.2, -0.15) is 0 Å². The molecule has 0 radical (unpaired) electrons. The number of morpholine rings is 1. The molecule has 1 rings (SSSR count). The van der Waals surface area contributed by atoms with Gasteiger partial charge < -0.3 is 20.3 Å². The highest BCUT2D eigenvalue weighted by Crippen LogP contribution is 2.01. The van der Waals surface area contributed by atoms with Crippen LogP contribution in [0, 0.1) is 0 Å². The van der Waals surface area contributed by atoms with E-state index in [-0.39, 0.29) is 12.0 Å². The maximum Gasteiger partial charge on any atom is 0.222 e. The third kappa shape index (κ3) is 5.80. The molecule has 5 heteroatoms. The van der Waals surface area contributed by atoms with E-state index in [9.17, 15) is 4.79 Å². The van der Waals surface area contributed by atoms with Crippen molar-refractivity contribution in [3.05, 3.63) is 0 Å². The molecule has 1 aliphatic heterocycles. The van der Waals surface area contributed by atoms with Gasteiger partial charge in [0.05, 0.1) is 19.1 Å². The molecule has 2 N–H and O–H groups in total. The first-order valence-electron chi connectivity index (χ1n) is 6.92. The van der Waals surface area contributed by atoms with Gasteiger partial charge in [0.15, 0.2) is 0 Å². The Bertz CT molecular complexity index is 242. The van der Waals surface area contributed by atoms with E-state index in [0.29, 0.717) is 25.6 Å². The number of rotatable bonds is 7. The van der Waals surface area contributed by atoms with Gasteiger partial charge in [-0.05, 0) is 20.4 Å². The van der Waals surface area contributed by atoms with E-state index in [1.54, 1.807) is 0 Å². The van der Waals surface area contributed by atoms with Crippen molar-refractivity contribution in [1.82, 2.24) is 15.5 Å². The van der Waals surface area contributed by atoms with Crippen LogP contribution < -0.4 is 10.6 Å². The average Bonchev–Trinajstić information content (AvgIpc) is 2.38. The van der Waals surface area contributed by atoms with Gasteiger partial charge in [-0.15, -0.1) is 0 Å². The van der Waals surface area contributed by atoms with Gasteiger partial charge >= 0.3 is 0 Å². The number of nitrogens with one attached hydrogen (secondary N) is 2. The van der Waals surface area contributed by atoms with Crippen molar-refractivity contribution < 1.29 is 9.53 Å². The fourth-order valence-corrected chi connectivity index (χ4v) is 1.93. The second-order valence-corrected chi connectivity index (χ2v) is 4.99. The van der Waals surface area contributed by atoms with Crippen molar-refractivity contribution in [3.63, 3.8) is 0 Å². The van der Waals surface area contributed by atoms with Crippen LogP contribution in [0.15, 0.2) is 0 Å². The summed E-state index contributed by atoms with van der Waals surface area (Å²) in [5.41, 5.74) is 0. The summed E-state index contributed by atoms with van der Waals surface area (Å²) in [6.07, 6.45) is 1.62. The lowest BCUT2D eigenvalue weighted by Crippen LogP contribution is -2.42. The van der Waals surface area contributed by atoms with Crippen LogP contribution in [0.1, 0.15) is 26.7 Å². The van der Waals surface area contributed by atoms with Gasteiger partial charge in [0.25, 0.3) is 0 Å². The summed E-state index contributed by atoms with van der Waals surface area (Å²) in [7, 11) is 2.09. The Balaban J connectivity index is 2.09. The summed E-state index contributed by atoms with van der Waals surface area (Å²) >= 11 is 0. The number of hydrogen-bond acceptors (Lipinski definition) is 4. The molecule has 1 heterocycles. The first-order valence-corrected chi connectivity index (χ1v) is 6.92. The molecule has 1 aliphatic rings. The highest BCUT2D eigenvalue weighted by atomic mass is 16.5. The lowest BCUT2D eigenvalue weighted by molar-refractivity contribution is -0.124. The molecule has 1 saturated heterocycles. The Morgan fingerprint density at radius 1 is 1.61 bits per heavy atom. The van der Waals surface area contributed by atoms with Gasteiger partial charge in [-0.25, -0.2) is 0 Å². The van der Waals surface area contributed by atoms with Gasteiger partial charge in [0.1, 0.15) is 0 Å². The van der Waals surface area contributed by atoms with Gasteiger partial charge in [0.2, 0.25) is 5.91 Å². The van der Waals surface area contributed by atoms with Crippen LogP contribution in [0.25, 0.3) is 0 Å². The first-order chi connectivity index (χ1) is 8.63. The van der Waals surface area contributed by atoms with Crippen LogP contribution in [0.5, 0.6) is 0 Å². The molecule has 0 aromatic carbocycles. The van der Waals surface area contributed by atoms with E-state index >= 15 is 0 Å². The molecule has 0 bridgehead atoms. The molecule has 106 valence electrons. The summed E-state index contributed by atoms with van der Waals surface area (Å²) in [5, 5.41) is 6.18. The zero-order valence-electron chi connectivity index (χ0n) is 11.9. The Labute approximate surface area is 110 Å². The molecule has 1 fully saturated rings. The van der Waals surface area contributed by atoms with E-state index in [1.165, 1.54) is 0 Å². The Morgan fingerprint density at radius 3 is 3.00 bits per heavy atom. The van der Waals surface area contributed by atoms with Crippen molar-refractivity contribution in [1.29, 1.82) is 0 Å². The lowest BCUT2D eigenvalue weighted by Gasteiger charge is -2.25. The maximum absolute atomic E-state index is 11.7. The largest absolute Gasteiger partial charge is 0.375 e. The number of carbonyl (C=O) groups excluding carboxylic acids is 1. The summed E-state index contributed by atoms with van der Waals surface area (Å²) in [4.78, 5) is 14.0. The standard InChI is InChI=1S/C13H27N3O2/c1-4-11(2)16(3)7-5-15-13(17)9-12-10-14-6-8-18-12/h11-12,14H,4-10H2,1-3H3,(H,15,17). The maximum atomic E-state index is 11.7. The smallest absolute Gasteiger partial charge is 0.222 e. The molecular formula is C13H27N3O2. The molecule has 0 spiro atoms. The SMILES string of the molecule is CCC(C)N(C)CCNC(=O)CC1CNCCO1. The van der Waals surface area contributed by atoms with Gasteiger partial charge in [-0.1, -0.05) is 6.92 Å². The van der Waals surface area contributed by atoms with Gasteiger partial charge in [0, 0.05) is 32.2 Å². The van der Waals surface area contributed by atoms with Crippen molar-refractivity contribution in [2.75, 3.05) is 39.8 Å². The molecule has 0 saturated carbocycles. The minimum absolute atomic E-state index is 0.0334. The molecule has 0 aliphatic carbocycles. The second-order valence-electron chi connectivity index (χ2n) is 4.99. The van der Waals surface area contributed by atoms with E-state index in [0.717, 1.165) is 26.1 Å². The van der Waals surface area contributed by atoms with Crippen LogP contribution in [-0.4, -0.2) is 62.8 Å². The number of hydrogen-bond donors (Lipinski definition) is 2. The number of likely N-dealkylation sites (N-methyl/N-ethyl adjacent to an activating group) is 1. The third-order valence-electron chi connectivity index (χ3n) is 3.55. The fourth-order valence-electron chi connectivity index (χ4n) is 1.93. The van der Waals surface area contributed by atoms with Crippen molar-refractivity contribution in [3.8, 4) is 0 Å². The van der Waals surface area contributed by atoms with Crippen LogP contribution >= 0.6 is 0 Å². The van der Waals surface area contributed by atoms with E-state index in [1.807, 2.05) is 0 Å². The monoisotopic (exact) mass is 257 g/mol. The molecule has 2 unspecified atom stereocenters. The predicted molar refractivity (Wildman–Crippen MR) is 72.6 cm³/mol. The zero-order chi connectivity index (χ0) is 13.4. The van der Waals surface area contributed by atoms with Crippen LogP contribution in [0.4, 0.5) is 0 Å². The number of ether oxygens (including phenoxy) is 1. The highest BCUT2D eigenvalue weighted by molar-refractivity contribution is 5.76. The summed E-state index contributed by atoms with van der Waals surface area (Å²) in [5.74, 6) is 0.0845. The molecule has 1 amide bonds. The lowest BCUT2D eigenvalue weighted by atomic mass is 10.2. The molecule has 0 aromatic heterocycles. The summed E-state index contributed by atoms with van der Waals surface area (Å²) in [6.45, 7) is 8.34. The zero-order valence-corrected chi connectivity index (χ0v) is 11.9. The number of amides is 1. The second kappa shape index (κ2) is 8.45. The molecule has 18 heavy (non-hydrogen) atoms. The quantitative estimate of drug-likeness (QED) is 0.685. The normalized spacial score (nSPS) is 21.9.